The third-order valence-electron chi connectivity index (χ3n) is 3.13. The van der Waals surface area contributed by atoms with Gasteiger partial charge in [-0.1, -0.05) is 0 Å². The summed E-state index contributed by atoms with van der Waals surface area (Å²) < 4.78 is 5.60. The molecule has 112 valence electrons. The molecule has 1 aromatic rings. The van der Waals surface area contributed by atoms with E-state index in [4.69, 9.17) is 4.74 Å². The van der Waals surface area contributed by atoms with E-state index in [2.05, 4.69) is 20.6 Å². The average Bonchev–Trinajstić information content (AvgIpc) is 3.18. The molecule has 1 aliphatic carbocycles. The molecule has 20 heavy (non-hydrogen) atoms. The molecule has 1 aliphatic rings. The molecular formula is C14H24N4OS. The van der Waals surface area contributed by atoms with E-state index in [1.807, 2.05) is 13.1 Å². The van der Waals surface area contributed by atoms with Gasteiger partial charge in [0, 0.05) is 37.9 Å². The molecule has 5 nitrogen and oxygen atoms in total. The summed E-state index contributed by atoms with van der Waals surface area (Å²) in [7, 11) is 1.79. The second kappa shape index (κ2) is 8.21. The first kappa shape index (κ1) is 15.3. The van der Waals surface area contributed by atoms with Crippen LogP contribution in [0.15, 0.2) is 11.2 Å². The number of ether oxygens (including phenoxy) is 1. The Morgan fingerprint density at radius 1 is 1.50 bits per heavy atom. The molecule has 0 amide bonds. The summed E-state index contributed by atoms with van der Waals surface area (Å²) in [6.45, 7) is 5.44. The molecule has 1 aromatic heterocycles. The summed E-state index contributed by atoms with van der Waals surface area (Å²) in [5.74, 6) is 1.68. The van der Waals surface area contributed by atoms with Crippen LogP contribution in [0.3, 0.4) is 0 Å². The first-order valence-corrected chi connectivity index (χ1v) is 8.03. The maximum atomic E-state index is 5.60. The Labute approximate surface area is 124 Å². The van der Waals surface area contributed by atoms with Crippen LogP contribution < -0.4 is 10.6 Å². The van der Waals surface area contributed by atoms with Crippen molar-refractivity contribution in [3.8, 4) is 0 Å². The topological polar surface area (TPSA) is 58.5 Å². The summed E-state index contributed by atoms with van der Waals surface area (Å²) in [4.78, 5) is 9.66. The van der Waals surface area contributed by atoms with Crippen LogP contribution in [-0.2, 0) is 11.3 Å². The Balaban J connectivity index is 1.52. The summed E-state index contributed by atoms with van der Waals surface area (Å²) in [5.41, 5.74) is 0. The number of guanidine groups is 1. The Morgan fingerprint density at radius 2 is 2.35 bits per heavy atom. The van der Waals surface area contributed by atoms with Crippen LogP contribution in [0.2, 0.25) is 0 Å². The Morgan fingerprint density at radius 3 is 3.00 bits per heavy atom. The van der Waals surface area contributed by atoms with Crippen molar-refractivity contribution < 1.29 is 4.74 Å². The fourth-order valence-corrected chi connectivity index (χ4v) is 2.53. The largest absolute Gasteiger partial charge is 0.381 e. The van der Waals surface area contributed by atoms with Gasteiger partial charge in [-0.05, 0) is 32.1 Å². The molecule has 2 rings (SSSR count). The van der Waals surface area contributed by atoms with Crippen molar-refractivity contribution >= 4 is 17.3 Å². The molecule has 0 radical (unpaired) electrons. The molecular weight excluding hydrogens is 272 g/mol. The number of hydrogen-bond donors (Lipinski definition) is 2. The van der Waals surface area contributed by atoms with Gasteiger partial charge in [0.1, 0.15) is 0 Å². The van der Waals surface area contributed by atoms with Crippen molar-refractivity contribution in [2.45, 2.75) is 32.7 Å². The predicted octanol–water partition coefficient (Wildman–Crippen LogP) is 1.93. The minimum absolute atomic E-state index is 0.767. The van der Waals surface area contributed by atoms with Crippen LogP contribution >= 0.6 is 11.3 Å². The number of hydrogen-bond acceptors (Lipinski definition) is 4. The van der Waals surface area contributed by atoms with Crippen LogP contribution in [0, 0.1) is 12.8 Å². The highest BCUT2D eigenvalue weighted by Crippen LogP contribution is 2.28. The van der Waals surface area contributed by atoms with Crippen LogP contribution in [0.25, 0.3) is 0 Å². The molecule has 0 atom stereocenters. The maximum Gasteiger partial charge on any atom is 0.191 e. The van der Waals surface area contributed by atoms with E-state index in [-0.39, 0.29) is 0 Å². The zero-order chi connectivity index (χ0) is 14.2. The van der Waals surface area contributed by atoms with Crippen LogP contribution in [-0.4, -0.2) is 37.7 Å². The number of thiazole rings is 1. The lowest BCUT2D eigenvalue weighted by Crippen LogP contribution is -2.37. The van der Waals surface area contributed by atoms with E-state index >= 15 is 0 Å². The van der Waals surface area contributed by atoms with Gasteiger partial charge in [-0.25, -0.2) is 4.98 Å². The number of aliphatic imine (C=N–C) groups is 1. The first-order chi connectivity index (χ1) is 9.78. The SMILES string of the molecule is CN=C(NCCCOCC1CC1)NCc1cnc(C)s1. The van der Waals surface area contributed by atoms with Gasteiger partial charge in [0.05, 0.1) is 11.6 Å². The normalized spacial score (nSPS) is 15.4. The van der Waals surface area contributed by atoms with Gasteiger partial charge < -0.3 is 15.4 Å². The molecule has 1 heterocycles. The van der Waals surface area contributed by atoms with Crippen LogP contribution in [0.5, 0.6) is 0 Å². The van der Waals surface area contributed by atoms with Crippen molar-refractivity contribution in [3.05, 3.63) is 16.1 Å². The maximum absolute atomic E-state index is 5.60. The van der Waals surface area contributed by atoms with Crippen LogP contribution in [0.4, 0.5) is 0 Å². The van der Waals surface area contributed by atoms with Gasteiger partial charge in [0.15, 0.2) is 5.96 Å². The molecule has 2 N–H and O–H groups in total. The van der Waals surface area contributed by atoms with Gasteiger partial charge in [0.2, 0.25) is 0 Å². The predicted molar refractivity (Wildman–Crippen MR) is 83.2 cm³/mol. The summed E-state index contributed by atoms with van der Waals surface area (Å²) >= 11 is 1.71. The summed E-state index contributed by atoms with van der Waals surface area (Å²) in [6, 6.07) is 0. The molecule has 0 aromatic carbocycles. The number of aromatic nitrogens is 1. The lowest BCUT2D eigenvalue weighted by Gasteiger charge is -2.11. The van der Waals surface area contributed by atoms with Gasteiger partial charge >= 0.3 is 0 Å². The van der Waals surface area contributed by atoms with E-state index in [1.54, 1.807) is 18.4 Å². The fourth-order valence-electron chi connectivity index (χ4n) is 1.79. The number of rotatable bonds is 8. The average molecular weight is 296 g/mol. The lowest BCUT2D eigenvalue weighted by atomic mass is 10.4. The van der Waals surface area contributed by atoms with E-state index in [1.165, 1.54) is 17.7 Å². The quantitative estimate of drug-likeness (QED) is 0.437. The minimum atomic E-state index is 0.767. The van der Waals surface area contributed by atoms with Crippen molar-refractivity contribution in [2.24, 2.45) is 10.9 Å². The second-order valence-electron chi connectivity index (χ2n) is 5.07. The van der Waals surface area contributed by atoms with Gasteiger partial charge in [0.25, 0.3) is 0 Å². The van der Waals surface area contributed by atoms with Crippen molar-refractivity contribution in [1.82, 2.24) is 15.6 Å². The smallest absolute Gasteiger partial charge is 0.191 e. The first-order valence-electron chi connectivity index (χ1n) is 7.21. The molecule has 1 fully saturated rings. The second-order valence-corrected chi connectivity index (χ2v) is 6.39. The van der Waals surface area contributed by atoms with E-state index in [9.17, 15) is 0 Å². The fraction of sp³-hybridized carbons (Fsp3) is 0.714. The molecule has 0 spiro atoms. The van der Waals surface area contributed by atoms with Crippen LogP contribution in [0.1, 0.15) is 29.1 Å². The monoisotopic (exact) mass is 296 g/mol. The zero-order valence-corrected chi connectivity index (χ0v) is 13.1. The molecule has 0 saturated heterocycles. The molecule has 6 heteroatoms. The molecule has 0 aliphatic heterocycles. The number of nitrogens with zero attached hydrogens (tertiary/aromatic N) is 2. The number of aryl methyl sites for hydroxylation is 1. The Hall–Kier alpha value is -1.14. The van der Waals surface area contributed by atoms with E-state index < -0.39 is 0 Å². The third-order valence-corrected chi connectivity index (χ3v) is 4.04. The summed E-state index contributed by atoms with van der Waals surface area (Å²) in [6.07, 6.45) is 5.62. The van der Waals surface area contributed by atoms with E-state index in [0.29, 0.717) is 0 Å². The van der Waals surface area contributed by atoms with E-state index in [0.717, 1.165) is 49.6 Å². The highest BCUT2D eigenvalue weighted by Gasteiger charge is 2.20. The highest BCUT2D eigenvalue weighted by molar-refractivity contribution is 7.11. The molecule has 0 unspecified atom stereocenters. The van der Waals surface area contributed by atoms with Gasteiger partial charge in [-0.15, -0.1) is 11.3 Å². The van der Waals surface area contributed by atoms with Gasteiger partial charge in [-0.2, -0.15) is 0 Å². The number of nitrogens with one attached hydrogen (secondary N) is 2. The third kappa shape index (κ3) is 5.88. The van der Waals surface area contributed by atoms with Crippen molar-refractivity contribution in [3.63, 3.8) is 0 Å². The lowest BCUT2D eigenvalue weighted by molar-refractivity contribution is 0.123. The van der Waals surface area contributed by atoms with Crippen molar-refractivity contribution in [2.75, 3.05) is 26.8 Å². The van der Waals surface area contributed by atoms with Crippen molar-refractivity contribution in [1.29, 1.82) is 0 Å². The standard InChI is InChI=1S/C14H24N4OS/c1-11-17-8-13(20-11)9-18-14(15-2)16-6-3-7-19-10-12-4-5-12/h8,12H,3-7,9-10H2,1-2H3,(H2,15,16,18). The Kier molecular flexibility index (Phi) is 6.26. The molecule has 1 saturated carbocycles. The zero-order valence-electron chi connectivity index (χ0n) is 12.3. The molecule has 0 bridgehead atoms. The van der Waals surface area contributed by atoms with Gasteiger partial charge in [-0.3, -0.25) is 4.99 Å². The Bertz CT molecular complexity index is 429. The highest BCUT2D eigenvalue weighted by atomic mass is 32.1. The minimum Gasteiger partial charge on any atom is -0.381 e. The summed E-state index contributed by atoms with van der Waals surface area (Å²) in [5, 5.41) is 7.67.